The molecule has 6 nitrogen and oxygen atoms in total. The number of benzene rings is 1. The molecule has 0 fully saturated rings. The molecule has 1 aromatic rings. The van der Waals surface area contributed by atoms with Crippen LogP contribution in [0.2, 0.25) is 0 Å². The first kappa shape index (κ1) is 20.7. The molecular formula is C19H28N2O4. The first-order chi connectivity index (χ1) is 11.8. The highest BCUT2D eigenvalue weighted by Crippen LogP contribution is 2.12. The Balaban J connectivity index is 2.88. The van der Waals surface area contributed by atoms with Crippen LogP contribution in [0.15, 0.2) is 29.4 Å². The minimum absolute atomic E-state index is 0.337. The van der Waals surface area contributed by atoms with Crippen molar-refractivity contribution in [1.82, 2.24) is 5.43 Å². The van der Waals surface area contributed by atoms with E-state index in [-0.39, 0.29) is 5.97 Å². The Kier molecular flexibility index (Phi) is 8.11. The van der Waals surface area contributed by atoms with Crippen molar-refractivity contribution in [2.24, 2.45) is 5.10 Å². The van der Waals surface area contributed by atoms with E-state index in [1.807, 2.05) is 0 Å². The quantitative estimate of drug-likeness (QED) is 0.453. The van der Waals surface area contributed by atoms with Crippen molar-refractivity contribution >= 4 is 17.8 Å². The van der Waals surface area contributed by atoms with Gasteiger partial charge in [-0.15, -0.1) is 0 Å². The van der Waals surface area contributed by atoms with Gasteiger partial charge >= 0.3 is 12.1 Å². The van der Waals surface area contributed by atoms with E-state index < -0.39 is 11.7 Å². The summed E-state index contributed by atoms with van der Waals surface area (Å²) in [4.78, 5) is 23.5. The number of amides is 1. The highest BCUT2D eigenvalue weighted by molar-refractivity contribution is 6.01. The fourth-order valence-corrected chi connectivity index (χ4v) is 2.04. The van der Waals surface area contributed by atoms with E-state index in [1.54, 1.807) is 52.0 Å². The van der Waals surface area contributed by atoms with Crippen LogP contribution >= 0.6 is 0 Å². The molecule has 0 radical (unpaired) electrons. The second-order valence-corrected chi connectivity index (χ2v) is 6.57. The number of hydrazone groups is 1. The van der Waals surface area contributed by atoms with Crippen LogP contribution in [-0.2, 0) is 9.47 Å². The summed E-state index contributed by atoms with van der Waals surface area (Å²) < 4.78 is 10.2. The summed E-state index contributed by atoms with van der Waals surface area (Å²) in [5.41, 5.74) is 3.93. The molecular weight excluding hydrogens is 320 g/mol. The molecule has 1 aromatic carbocycles. The maximum Gasteiger partial charge on any atom is 0.428 e. The Morgan fingerprint density at radius 2 is 1.68 bits per heavy atom. The Morgan fingerprint density at radius 3 is 2.20 bits per heavy atom. The van der Waals surface area contributed by atoms with Gasteiger partial charge in [0, 0.05) is 0 Å². The third-order valence-corrected chi connectivity index (χ3v) is 3.18. The SMILES string of the molecule is CCCCC(=NNC(=O)OC(C)(C)C)c1ccc(C(=O)OCC)cc1. The molecule has 0 spiro atoms. The van der Waals surface area contributed by atoms with Crippen molar-refractivity contribution in [2.45, 2.75) is 59.5 Å². The zero-order valence-electron chi connectivity index (χ0n) is 15.7. The molecule has 0 saturated heterocycles. The number of hydrogen-bond donors (Lipinski definition) is 1. The van der Waals surface area contributed by atoms with E-state index in [0.717, 1.165) is 24.1 Å². The number of unbranched alkanes of at least 4 members (excludes halogenated alkanes) is 1. The lowest BCUT2D eigenvalue weighted by atomic mass is 10.0. The van der Waals surface area contributed by atoms with Crippen molar-refractivity contribution in [3.05, 3.63) is 35.4 Å². The van der Waals surface area contributed by atoms with E-state index >= 15 is 0 Å². The van der Waals surface area contributed by atoms with E-state index in [0.29, 0.717) is 18.6 Å². The molecule has 25 heavy (non-hydrogen) atoms. The monoisotopic (exact) mass is 348 g/mol. The second kappa shape index (κ2) is 9.81. The number of carbonyl (C=O) groups is 2. The molecule has 0 heterocycles. The summed E-state index contributed by atoms with van der Waals surface area (Å²) in [7, 11) is 0. The van der Waals surface area contributed by atoms with Gasteiger partial charge in [0.15, 0.2) is 0 Å². The lowest BCUT2D eigenvalue weighted by molar-refractivity contribution is 0.0517. The van der Waals surface area contributed by atoms with Crippen LogP contribution in [0.1, 0.15) is 69.8 Å². The Hall–Kier alpha value is -2.37. The average molecular weight is 348 g/mol. The van der Waals surface area contributed by atoms with Crippen LogP contribution in [0, 0.1) is 0 Å². The molecule has 0 aromatic heterocycles. The van der Waals surface area contributed by atoms with Gasteiger partial charge in [-0.25, -0.2) is 15.0 Å². The number of carbonyl (C=O) groups excluding carboxylic acids is 2. The van der Waals surface area contributed by atoms with E-state index in [1.165, 1.54) is 0 Å². The minimum atomic E-state index is -0.593. The van der Waals surface area contributed by atoms with Crippen molar-refractivity contribution in [3.63, 3.8) is 0 Å². The summed E-state index contributed by atoms with van der Waals surface area (Å²) in [6.07, 6.45) is 2.07. The van der Waals surface area contributed by atoms with Crippen molar-refractivity contribution < 1.29 is 19.1 Å². The topological polar surface area (TPSA) is 77.0 Å². The third-order valence-electron chi connectivity index (χ3n) is 3.18. The second-order valence-electron chi connectivity index (χ2n) is 6.57. The average Bonchev–Trinajstić information content (AvgIpc) is 2.54. The Morgan fingerprint density at radius 1 is 1.08 bits per heavy atom. The van der Waals surface area contributed by atoms with Crippen LogP contribution in [0.5, 0.6) is 0 Å². The summed E-state index contributed by atoms with van der Waals surface area (Å²) in [5, 5.41) is 4.20. The molecule has 1 N–H and O–H groups in total. The standard InChI is InChI=1S/C19H28N2O4/c1-6-8-9-16(20-21-18(23)25-19(3,4)5)14-10-12-15(13-11-14)17(22)24-7-2/h10-13H,6-9H2,1-5H3,(H,21,23). The molecule has 0 saturated carbocycles. The predicted molar refractivity (Wildman–Crippen MR) is 97.8 cm³/mol. The smallest absolute Gasteiger partial charge is 0.428 e. The summed E-state index contributed by atoms with van der Waals surface area (Å²) >= 11 is 0. The number of nitrogens with zero attached hydrogens (tertiary/aromatic N) is 1. The van der Waals surface area contributed by atoms with Gasteiger partial charge in [-0.05, 0) is 58.2 Å². The van der Waals surface area contributed by atoms with Gasteiger partial charge in [-0.1, -0.05) is 25.5 Å². The molecule has 138 valence electrons. The van der Waals surface area contributed by atoms with Crippen LogP contribution < -0.4 is 5.43 Å². The van der Waals surface area contributed by atoms with Gasteiger partial charge < -0.3 is 9.47 Å². The number of nitrogens with one attached hydrogen (secondary N) is 1. The zero-order valence-corrected chi connectivity index (χ0v) is 15.7. The first-order valence-electron chi connectivity index (χ1n) is 8.60. The maximum atomic E-state index is 11.8. The molecule has 1 rings (SSSR count). The fourth-order valence-electron chi connectivity index (χ4n) is 2.04. The van der Waals surface area contributed by atoms with Gasteiger partial charge in [-0.3, -0.25) is 0 Å². The van der Waals surface area contributed by atoms with Gasteiger partial charge in [0.2, 0.25) is 0 Å². The molecule has 0 aliphatic rings. The van der Waals surface area contributed by atoms with Crippen molar-refractivity contribution in [1.29, 1.82) is 0 Å². The van der Waals surface area contributed by atoms with Crippen LogP contribution in [-0.4, -0.2) is 30.0 Å². The van der Waals surface area contributed by atoms with E-state index in [2.05, 4.69) is 17.5 Å². The minimum Gasteiger partial charge on any atom is -0.462 e. The molecule has 0 atom stereocenters. The third kappa shape index (κ3) is 7.83. The predicted octanol–water partition coefficient (Wildman–Crippen LogP) is 4.28. The number of hydrogen-bond acceptors (Lipinski definition) is 5. The number of ether oxygens (including phenoxy) is 2. The molecule has 0 aliphatic heterocycles. The van der Waals surface area contributed by atoms with Crippen molar-refractivity contribution in [2.75, 3.05) is 6.61 Å². The largest absolute Gasteiger partial charge is 0.462 e. The molecule has 6 heteroatoms. The molecule has 1 amide bonds. The Bertz CT molecular complexity index is 601. The van der Waals surface area contributed by atoms with Crippen LogP contribution in [0.3, 0.4) is 0 Å². The van der Waals surface area contributed by atoms with Gasteiger partial charge in [0.05, 0.1) is 17.9 Å². The van der Waals surface area contributed by atoms with Gasteiger partial charge in [0.25, 0.3) is 0 Å². The lowest BCUT2D eigenvalue weighted by Gasteiger charge is -2.18. The fraction of sp³-hybridized carbons (Fsp3) is 0.526. The zero-order chi connectivity index (χ0) is 18.9. The van der Waals surface area contributed by atoms with E-state index in [9.17, 15) is 9.59 Å². The summed E-state index contributed by atoms with van der Waals surface area (Å²) in [6.45, 7) is 9.57. The molecule has 0 aliphatic carbocycles. The van der Waals surface area contributed by atoms with Gasteiger partial charge in [-0.2, -0.15) is 5.10 Å². The molecule has 0 unspecified atom stereocenters. The lowest BCUT2D eigenvalue weighted by Crippen LogP contribution is -2.30. The number of esters is 1. The summed E-state index contributed by atoms with van der Waals surface area (Å²) in [6, 6.07) is 7.00. The number of rotatable bonds is 7. The normalized spacial score (nSPS) is 11.8. The maximum absolute atomic E-state index is 11.8. The highest BCUT2D eigenvalue weighted by Gasteiger charge is 2.16. The Labute approximate surface area is 149 Å². The van der Waals surface area contributed by atoms with Crippen molar-refractivity contribution in [3.8, 4) is 0 Å². The van der Waals surface area contributed by atoms with E-state index in [4.69, 9.17) is 9.47 Å². The summed E-state index contributed by atoms with van der Waals surface area (Å²) in [5.74, 6) is -0.354. The van der Waals surface area contributed by atoms with Crippen LogP contribution in [0.25, 0.3) is 0 Å². The van der Waals surface area contributed by atoms with Gasteiger partial charge in [0.1, 0.15) is 5.60 Å². The highest BCUT2D eigenvalue weighted by atomic mass is 16.6. The first-order valence-corrected chi connectivity index (χ1v) is 8.60. The molecule has 0 bridgehead atoms. The van der Waals surface area contributed by atoms with Crippen LogP contribution in [0.4, 0.5) is 4.79 Å².